The molecule has 1 aliphatic carbocycles. The summed E-state index contributed by atoms with van der Waals surface area (Å²) in [6.45, 7) is -0.320. The van der Waals surface area contributed by atoms with Crippen LogP contribution >= 0.6 is 0 Å². The van der Waals surface area contributed by atoms with E-state index >= 15 is 14.4 Å². The highest BCUT2D eigenvalue weighted by atomic mass is 16.6. The van der Waals surface area contributed by atoms with Gasteiger partial charge in [-0.2, -0.15) is 0 Å². The minimum atomic E-state index is -2.07. The lowest BCUT2D eigenvalue weighted by Crippen LogP contribution is -2.56. The average Bonchev–Trinajstić information content (AvgIpc) is 3.71. The van der Waals surface area contributed by atoms with Crippen LogP contribution in [-0.4, -0.2) is 95.7 Å². The number of ether oxygens (including phenoxy) is 4. The fourth-order valence-electron chi connectivity index (χ4n) is 10.8. The number of benzene rings is 4. The number of methoxy groups -OCH3 is 1. The van der Waals surface area contributed by atoms with Crippen LogP contribution < -0.4 is 15.0 Å². The van der Waals surface area contributed by atoms with Crippen LogP contribution in [0.4, 0.5) is 10.5 Å². The number of cyclic esters (lactones) is 1. The normalized spacial score (nSPS) is 23.8. The van der Waals surface area contributed by atoms with Crippen molar-refractivity contribution in [2.75, 3.05) is 45.0 Å². The average molecular weight is 933 g/mol. The number of hydrogen-bond donors (Lipinski definition) is 3. The molecule has 5 aromatic rings. The van der Waals surface area contributed by atoms with E-state index in [-0.39, 0.29) is 44.2 Å². The fourth-order valence-corrected chi connectivity index (χ4v) is 10.8. The number of anilines is 1. The molecule has 3 N–H and O–H groups in total. The number of nitrogens with zero attached hydrogens (tertiary/aromatic N) is 3. The van der Waals surface area contributed by atoms with Crippen LogP contribution in [0.25, 0.3) is 0 Å². The van der Waals surface area contributed by atoms with Gasteiger partial charge in [0, 0.05) is 37.5 Å². The summed E-state index contributed by atoms with van der Waals surface area (Å²) in [5.74, 6) is 3.04. The number of hydrogen-bond acceptors (Lipinski definition) is 12. The lowest BCUT2D eigenvalue weighted by molar-refractivity contribution is -0.178. The van der Waals surface area contributed by atoms with Gasteiger partial charge in [-0.1, -0.05) is 104 Å². The molecule has 3 amide bonds. The summed E-state index contributed by atoms with van der Waals surface area (Å²) in [4.78, 5) is 69.5. The summed E-state index contributed by atoms with van der Waals surface area (Å²) in [6, 6.07) is 33.0. The molecule has 14 heteroatoms. The van der Waals surface area contributed by atoms with Crippen LogP contribution in [0.5, 0.6) is 5.75 Å². The summed E-state index contributed by atoms with van der Waals surface area (Å²) in [6.07, 6.45) is 4.74. The molecular weight excluding hydrogens is 877 g/mol. The van der Waals surface area contributed by atoms with Crippen molar-refractivity contribution in [1.29, 1.82) is 0 Å². The number of rotatable bonds is 13. The van der Waals surface area contributed by atoms with Crippen LogP contribution in [0, 0.1) is 17.8 Å². The zero-order chi connectivity index (χ0) is 48.0. The van der Waals surface area contributed by atoms with Crippen molar-refractivity contribution in [3.63, 3.8) is 0 Å². The molecule has 0 radical (unpaired) electrons. The molecule has 1 spiro atoms. The Morgan fingerprint density at radius 2 is 1.55 bits per heavy atom. The van der Waals surface area contributed by atoms with E-state index in [2.05, 4.69) is 22.1 Å². The van der Waals surface area contributed by atoms with E-state index in [1.165, 1.54) is 7.11 Å². The zero-order valence-corrected chi connectivity index (χ0v) is 38.5. The van der Waals surface area contributed by atoms with Crippen molar-refractivity contribution in [2.24, 2.45) is 5.92 Å². The van der Waals surface area contributed by atoms with E-state index in [1.807, 2.05) is 83.8 Å². The lowest BCUT2D eigenvalue weighted by Gasteiger charge is -2.46. The van der Waals surface area contributed by atoms with Gasteiger partial charge in [0.1, 0.15) is 42.1 Å². The quantitative estimate of drug-likeness (QED) is 0.0494. The SMILES string of the molecule is COCCOC(=O)N1C(=O)C2(c3cc(C#CC4(O)CCCCCC4)ccc31)C(C(=O)NCCc1ccccn1)C1C(=O)OC(c3ccccc3)C(c3ccccc3)N1C2c1cccc(OCCO)c1. The third-order valence-electron chi connectivity index (χ3n) is 13.7. The summed E-state index contributed by atoms with van der Waals surface area (Å²) in [5, 5.41) is 24.6. The number of aliphatic hydroxyl groups excluding tert-OH is 1. The van der Waals surface area contributed by atoms with Crippen LogP contribution in [0.3, 0.4) is 0 Å². The fraction of sp³-hybridized carbons (Fsp3) is 0.364. The second-order valence-electron chi connectivity index (χ2n) is 17.9. The maximum Gasteiger partial charge on any atom is 0.421 e. The number of aromatic nitrogens is 1. The first-order chi connectivity index (χ1) is 33.7. The number of morpholine rings is 1. The van der Waals surface area contributed by atoms with Crippen LogP contribution in [0.1, 0.15) is 90.2 Å². The van der Waals surface area contributed by atoms with Gasteiger partial charge in [-0.05, 0) is 90.4 Å². The van der Waals surface area contributed by atoms with E-state index in [1.54, 1.807) is 48.7 Å². The van der Waals surface area contributed by atoms with Crippen molar-refractivity contribution in [3.8, 4) is 17.6 Å². The third-order valence-corrected chi connectivity index (χ3v) is 13.7. The number of carbonyl (C=O) groups excluding carboxylic acids is 4. The van der Waals surface area contributed by atoms with Crippen LogP contribution in [0.2, 0.25) is 0 Å². The highest BCUT2D eigenvalue weighted by Crippen LogP contribution is 2.66. The highest BCUT2D eigenvalue weighted by Gasteiger charge is 2.75. The number of imide groups is 1. The van der Waals surface area contributed by atoms with Gasteiger partial charge >= 0.3 is 12.1 Å². The lowest BCUT2D eigenvalue weighted by atomic mass is 9.65. The highest BCUT2D eigenvalue weighted by molar-refractivity contribution is 6.23. The van der Waals surface area contributed by atoms with E-state index in [0.29, 0.717) is 41.7 Å². The van der Waals surface area contributed by atoms with Gasteiger partial charge in [-0.3, -0.25) is 24.3 Å². The van der Waals surface area contributed by atoms with Gasteiger partial charge in [0.2, 0.25) is 11.8 Å². The number of nitrogens with one attached hydrogen (secondary N) is 1. The number of carbonyl (C=O) groups is 4. The Hall–Kier alpha value is -6.89. The zero-order valence-electron chi connectivity index (χ0n) is 38.5. The van der Waals surface area contributed by atoms with Gasteiger partial charge in [-0.15, -0.1) is 0 Å². The maximum atomic E-state index is 16.4. The second-order valence-corrected chi connectivity index (χ2v) is 17.9. The monoisotopic (exact) mass is 932 g/mol. The first kappa shape index (κ1) is 47.2. The van der Waals surface area contributed by atoms with Crippen molar-refractivity contribution >= 4 is 29.6 Å². The molecule has 14 nitrogen and oxygen atoms in total. The Labute approximate surface area is 401 Å². The van der Waals surface area contributed by atoms with Gasteiger partial charge in [0.05, 0.1) is 36.9 Å². The molecule has 4 aromatic carbocycles. The molecule has 1 saturated carbocycles. The van der Waals surface area contributed by atoms with E-state index < -0.39 is 65.0 Å². The van der Waals surface area contributed by atoms with Gasteiger partial charge in [0.15, 0.2) is 0 Å². The molecule has 0 bridgehead atoms. The van der Waals surface area contributed by atoms with Gasteiger partial charge in [0.25, 0.3) is 0 Å². The first-order valence-electron chi connectivity index (χ1n) is 23.7. The number of aliphatic hydroxyl groups is 2. The summed E-state index contributed by atoms with van der Waals surface area (Å²) in [7, 11) is 1.47. The molecule has 6 atom stereocenters. The summed E-state index contributed by atoms with van der Waals surface area (Å²) < 4.78 is 23.5. The van der Waals surface area contributed by atoms with Crippen molar-refractivity contribution in [2.45, 2.75) is 80.2 Å². The summed E-state index contributed by atoms with van der Waals surface area (Å²) >= 11 is 0. The predicted octanol–water partition coefficient (Wildman–Crippen LogP) is 6.70. The summed E-state index contributed by atoms with van der Waals surface area (Å²) in [5.41, 5.74) is 0.161. The number of amides is 3. The molecule has 69 heavy (non-hydrogen) atoms. The molecule has 1 aromatic heterocycles. The largest absolute Gasteiger partial charge is 0.491 e. The number of esters is 1. The second kappa shape index (κ2) is 20.8. The Balaban J connectivity index is 1.32. The smallest absolute Gasteiger partial charge is 0.421 e. The van der Waals surface area contributed by atoms with E-state index in [9.17, 15) is 15.0 Å². The van der Waals surface area contributed by atoms with Crippen molar-refractivity contribution < 1.29 is 48.3 Å². The van der Waals surface area contributed by atoms with Crippen molar-refractivity contribution in [3.05, 3.63) is 161 Å². The van der Waals surface area contributed by atoms with E-state index in [0.717, 1.165) is 41.8 Å². The van der Waals surface area contributed by atoms with Gasteiger partial charge in [-0.25, -0.2) is 9.69 Å². The van der Waals surface area contributed by atoms with Crippen LogP contribution in [0.15, 0.2) is 128 Å². The molecule has 356 valence electrons. The number of fused-ring (bicyclic) bond motifs is 3. The minimum absolute atomic E-state index is 0.0286. The molecular formula is C55H56N4O10. The molecule has 4 aliphatic rings. The Bertz CT molecular complexity index is 2700. The molecule has 3 aliphatic heterocycles. The van der Waals surface area contributed by atoms with Crippen LogP contribution in [-0.2, 0) is 40.4 Å². The molecule has 9 rings (SSSR count). The maximum absolute atomic E-state index is 16.4. The topological polar surface area (TPSA) is 177 Å². The Kier molecular flexibility index (Phi) is 14.2. The van der Waals surface area contributed by atoms with Gasteiger partial charge < -0.3 is 34.5 Å². The standard InChI is InChI=1S/C55H56N4O10/c1-66-33-34-68-53(64)58-44-23-22-37(24-28-54(65)26-11-2-3-12-27-54)35-43(44)55(52(58)63)45(50(61)57-30-25-41-20-10-13-29-56-41)47-51(62)69-48(39-17-8-5-9-18-39)46(38-15-6-4-7-16-38)59(47)49(55)40-19-14-21-42(36-40)67-32-31-60/h4-10,13-23,29,35-36,45-49,60,65H,2-3,11-12,25-27,30-34H2,1H3,(H,57,61). The van der Waals surface area contributed by atoms with E-state index in [4.69, 9.17) is 18.9 Å². The molecule has 6 unspecified atom stereocenters. The molecule has 3 fully saturated rings. The predicted molar refractivity (Wildman–Crippen MR) is 255 cm³/mol. The Morgan fingerprint density at radius 1 is 0.826 bits per heavy atom. The minimum Gasteiger partial charge on any atom is -0.491 e. The molecule has 2 saturated heterocycles. The Morgan fingerprint density at radius 3 is 2.26 bits per heavy atom. The third kappa shape index (κ3) is 9.23. The number of pyridine rings is 1. The first-order valence-corrected chi connectivity index (χ1v) is 23.7. The molecule has 4 heterocycles. The van der Waals surface area contributed by atoms with Crippen molar-refractivity contribution in [1.82, 2.24) is 15.2 Å².